The lowest BCUT2D eigenvalue weighted by Crippen LogP contribution is -2.16. The third-order valence-corrected chi connectivity index (χ3v) is 3.56. The van der Waals surface area contributed by atoms with Crippen molar-refractivity contribution in [3.05, 3.63) is 31.8 Å². The molecule has 0 heterocycles. The molecule has 0 amide bonds. The summed E-state index contributed by atoms with van der Waals surface area (Å²) in [6.07, 6.45) is 0.839. The second-order valence-corrected chi connectivity index (χ2v) is 5.24. The summed E-state index contributed by atoms with van der Waals surface area (Å²) in [6.45, 7) is 1.87. The first-order chi connectivity index (χ1) is 7.19. The Morgan fingerprint density at radius 3 is 2.87 bits per heavy atom. The summed E-state index contributed by atoms with van der Waals surface area (Å²) in [6, 6.07) is 6.65. The molecule has 1 aromatic carbocycles. The third kappa shape index (κ3) is 3.78. The Labute approximate surface area is 113 Å². The van der Waals surface area contributed by atoms with Gasteiger partial charge < -0.3 is 5.32 Å². The molecule has 3 heteroatoms. The number of benzene rings is 1. The summed E-state index contributed by atoms with van der Waals surface area (Å²) in [7, 11) is 1.97. The second kappa shape index (κ2) is 6.51. The van der Waals surface area contributed by atoms with E-state index in [1.165, 1.54) is 9.13 Å². The quantitative estimate of drug-likeness (QED) is 0.625. The molecule has 0 saturated carbocycles. The smallest absolute Gasteiger partial charge is 0.0440 e. The molecule has 0 aliphatic carbocycles. The SMILES string of the molecule is CC#CCC(NC)c1cc(I)ccc1Br. The highest BCUT2D eigenvalue weighted by Gasteiger charge is 2.11. The minimum Gasteiger partial charge on any atom is -0.312 e. The van der Waals surface area contributed by atoms with Crippen molar-refractivity contribution in [2.45, 2.75) is 19.4 Å². The number of hydrogen-bond donors (Lipinski definition) is 1. The van der Waals surface area contributed by atoms with Gasteiger partial charge in [0.25, 0.3) is 0 Å². The van der Waals surface area contributed by atoms with Crippen molar-refractivity contribution in [3.63, 3.8) is 0 Å². The molecule has 1 unspecified atom stereocenters. The van der Waals surface area contributed by atoms with Crippen LogP contribution in [0.2, 0.25) is 0 Å². The minimum absolute atomic E-state index is 0.293. The van der Waals surface area contributed by atoms with Crippen LogP contribution in [0.5, 0.6) is 0 Å². The highest BCUT2D eigenvalue weighted by Crippen LogP contribution is 2.26. The fourth-order valence-corrected chi connectivity index (χ4v) is 2.39. The topological polar surface area (TPSA) is 12.0 Å². The number of rotatable bonds is 3. The summed E-state index contributed by atoms with van der Waals surface area (Å²) in [5, 5.41) is 3.29. The van der Waals surface area contributed by atoms with Crippen LogP contribution in [-0.4, -0.2) is 7.05 Å². The lowest BCUT2D eigenvalue weighted by Gasteiger charge is -2.15. The average Bonchev–Trinajstić information content (AvgIpc) is 2.24. The first-order valence-electron chi connectivity index (χ1n) is 4.71. The van der Waals surface area contributed by atoms with E-state index in [4.69, 9.17) is 0 Å². The van der Waals surface area contributed by atoms with Crippen molar-refractivity contribution >= 4 is 38.5 Å². The molecule has 1 atom stereocenters. The summed E-state index contributed by atoms with van der Waals surface area (Å²) in [5.41, 5.74) is 1.27. The van der Waals surface area contributed by atoms with Gasteiger partial charge in [0, 0.05) is 20.5 Å². The molecule has 0 fully saturated rings. The Balaban J connectivity index is 2.98. The molecule has 1 aromatic rings. The molecule has 0 aromatic heterocycles. The van der Waals surface area contributed by atoms with E-state index < -0.39 is 0 Å². The van der Waals surface area contributed by atoms with Gasteiger partial charge in [0.05, 0.1) is 0 Å². The van der Waals surface area contributed by atoms with E-state index >= 15 is 0 Å². The molecule has 0 radical (unpaired) electrons. The van der Waals surface area contributed by atoms with Crippen LogP contribution in [0.1, 0.15) is 24.9 Å². The molecular weight excluding hydrogens is 365 g/mol. The molecule has 15 heavy (non-hydrogen) atoms. The van der Waals surface area contributed by atoms with Gasteiger partial charge >= 0.3 is 0 Å². The van der Waals surface area contributed by atoms with Gasteiger partial charge in [0.1, 0.15) is 0 Å². The fourth-order valence-electron chi connectivity index (χ4n) is 1.35. The predicted molar refractivity (Wildman–Crippen MR) is 76.7 cm³/mol. The zero-order valence-electron chi connectivity index (χ0n) is 8.77. The van der Waals surface area contributed by atoms with Gasteiger partial charge in [-0.3, -0.25) is 0 Å². The van der Waals surface area contributed by atoms with Crippen LogP contribution >= 0.6 is 38.5 Å². The Kier molecular flexibility index (Phi) is 5.65. The van der Waals surface area contributed by atoms with Gasteiger partial charge in [-0.25, -0.2) is 0 Å². The molecule has 0 aliphatic heterocycles. The molecule has 80 valence electrons. The van der Waals surface area contributed by atoms with Gasteiger partial charge in [0.2, 0.25) is 0 Å². The number of nitrogens with one attached hydrogen (secondary N) is 1. The molecule has 1 rings (SSSR count). The Bertz CT molecular complexity index is 392. The van der Waals surface area contributed by atoms with Crippen LogP contribution in [0.25, 0.3) is 0 Å². The van der Waals surface area contributed by atoms with Crippen LogP contribution in [0.3, 0.4) is 0 Å². The van der Waals surface area contributed by atoms with Crippen LogP contribution < -0.4 is 5.32 Å². The normalized spacial score (nSPS) is 11.7. The van der Waals surface area contributed by atoms with Gasteiger partial charge in [-0.15, -0.1) is 11.8 Å². The van der Waals surface area contributed by atoms with Crippen molar-refractivity contribution in [1.29, 1.82) is 0 Å². The monoisotopic (exact) mass is 377 g/mol. The molecule has 0 saturated heterocycles. The van der Waals surface area contributed by atoms with E-state index in [2.05, 4.69) is 73.9 Å². The largest absolute Gasteiger partial charge is 0.312 e. The van der Waals surface area contributed by atoms with E-state index in [1.54, 1.807) is 0 Å². The standard InChI is InChI=1S/C12H13BrIN/c1-3-4-5-12(15-2)10-8-9(14)6-7-11(10)13/h6-8,12,15H,5H2,1-2H3. The second-order valence-electron chi connectivity index (χ2n) is 3.14. The van der Waals surface area contributed by atoms with Crippen molar-refractivity contribution in [2.75, 3.05) is 7.05 Å². The minimum atomic E-state index is 0.293. The van der Waals surface area contributed by atoms with E-state index in [0.717, 1.165) is 10.9 Å². The van der Waals surface area contributed by atoms with Crippen LogP contribution in [0.15, 0.2) is 22.7 Å². The lowest BCUT2D eigenvalue weighted by atomic mass is 10.0. The van der Waals surface area contributed by atoms with Crippen LogP contribution in [0, 0.1) is 15.4 Å². The maximum Gasteiger partial charge on any atom is 0.0440 e. The summed E-state index contributed by atoms with van der Waals surface area (Å²) < 4.78 is 2.38. The molecule has 0 spiro atoms. The molecule has 0 bridgehead atoms. The van der Waals surface area contributed by atoms with Gasteiger partial charge in [-0.05, 0) is 60.3 Å². The predicted octanol–water partition coefficient (Wildman–Crippen LogP) is 3.73. The first-order valence-corrected chi connectivity index (χ1v) is 6.58. The highest BCUT2D eigenvalue weighted by molar-refractivity contribution is 14.1. The number of halogens is 2. The lowest BCUT2D eigenvalue weighted by molar-refractivity contribution is 0.608. The fraction of sp³-hybridized carbons (Fsp3) is 0.333. The third-order valence-electron chi connectivity index (χ3n) is 2.16. The van der Waals surface area contributed by atoms with E-state index in [1.807, 2.05) is 14.0 Å². The Morgan fingerprint density at radius 1 is 1.53 bits per heavy atom. The summed E-state index contributed by atoms with van der Waals surface area (Å²) in [5.74, 6) is 6.04. The van der Waals surface area contributed by atoms with E-state index in [-0.39, 0.29) is 0 Å². The van der Waals surface area contributed by atoms with E-state index in [0.29, 0.717) is 6.04 Å². The molecule has 1 nitrogen and oxygen atoms in total. The van der Waals surface area contributed by atoms with Crippen LogP contribution in [-0.2, 0) is 0 Å². The molecule has 1 N–H and O–H groups in total. The first kappa shape index (κ1) is 13.0. The van der Waals surface area contributed by atoms with Gasteiger partial charge in [0.15, 0.2) is 0 Å². The zero-order chi connectivity index (χ0) is 11.3. The molecule has 0 aliphatic rings. The average molecular weight is 378 g/mol. The maximum atomic E-state index is 3.57. The van der Waals surface area contributed by atoms with Crippen molar-refractivity contribution in [1.82, 2.24) is 5.32 Å². The number of hydrogen-bond acceptors (Lipinski definition) is 1. The summed E-state index contributed by atoms with van der Waals surface area (Å²) >= 11 is 5.90. The van der Waals surface area contributed by atoms with Gasteiger partial charge in [-0.2, -0.15) is 0 Å². The zero-order valence-corrected chi connectivity index (χ0v) is 12.5. The van der Waals surface area contributed by atoms with Crippen LogP contribution in [0.4, 0.5) is 0 Å². The van der Waals surface area contributed by atoms with Gasteiger partial charge in [-0.1, -0.05) is 15.9 Å². The van der Waals surface area contributed by atoms with E-state index in [9.17, 15) is 0 Å². The van der Waals surface area contributed by atoms with Crippen molar-refractivity contribution in [3.8, 4) is 11.8 Å². The highest BCUT2D eigenvalue weighted by atomic mass is 127. The van der Waals surface area contributed by atoms with Crippen molar-refractivity contribution < 1.29 is 0 Å². The Morgan fingerprint density at radius 2 is 2.27 bits per heavy atom. The Hall–Kier alpha value is -0.0500. The molecular formula is C12H13BrIN. The summed E-state index contributed by atoms with van der Waals surface area (Å²) in [4.78, 5) is 0. The maximum absolute atomic E-state index is 3.57. The van der Waals surface area contributed by atoms with Crippen molar-refractivity contribution in [2.24, 2.45) is 0 Å².